The molecule has 0 aliphatic rings. The number of anilines is 1. The second kappa shape index (κ2) is 9.10. The van der Waals surface area contributed by atoms with Gasteiger partial charge in [-0.3, -0.25) is 4.79 Å². The molecule has 0 unspecified atom stereocenters. The summed E-state index contributed by atoms with van der Waals surface area (Å²) in [6, 6.07) is 3.83. The molecule has 0 atom stereocenters. The Kier molecular flexibility index (Phi) is 7.43. The van der Waals surface area contributed by atoms with Gasteiger partial charge < -0.3 is 10.4 Å². The molecule has 116 valence electrons. The summed E-state index contributed by atoms with van der Waals surface area (Å²) in [4.78, 5) is 22.8. The Morgan fingerprint density at radius 3 is 2.48 bits per heavy atom. The second-order valence-corrected chi connectivity index (χ2v) is 5.03. The number of hydrogen-bond donors (Lipinski definition) is 2. The first kappa shape index (κ1) is 17.1. The molecule has 0 heterocycles. The van der Waals surface area contributed by atoms with E-state index in [4.69, 9.17) is 5.11 Å². The smallest absolute Gasteiger partial charge is 0.340 e. The number of carboxylic acid groups (broad SMARTS) is 1. The Morgan fingerprint density at radius 2 is 1.81 bits per heavy atom. The van der Waals surface area contributed by atoms with Crippen LogP contribution in [0.4, 0.5) is 10.1 Å². The van der Waals surface area contributed by atoms with Gasteiger partial charge in [0.15, 0.2) is 0 Å². The van der Waals surface area contributed by atoms with Gasteiger partial charge in [0.05, 0.1) is 5.69 Å². The van der Waals surface area contributed by atoms with E-state index in [0.717, 1.165) is 25.3 Å². The maximum Gasteiger partial charge on any atom is 0.340 e. The second-order valence-electron chi connectivity index (χ2n) is 5.03. The third-order valence-corrected chi connectivity index (χ3v) is 3.26. The Hall–Kier alpha value is -1.91. The minimum absolute atomic E-state index is 0.0125. The molecule has 0 fully saturated rings. The number of rotatable bonds is 9. The van der Waals surface area contributed by atoms with Crippen LogP contribution in [0, 0.1) is 5.82 Å². The third kappa shape index (κ3) is 5.94. The van der Waals surface area contributed by atoms with E-state index < -0.39 is 17.3 Å². The van der Waals surface area contributed by atoms with E-state index in [0.29, 0.717) is 6.42 Å². The lowest BCUT2D eigenvalue weighted by atomic mass is 10.1. The molecule has 2 N–H and O–H groups in total. The third-order valence-electron chi connectivity index (χ3n) is 3.26. The number of unbranched alkanes of at least 4 members (excludes halogenated alkanes) is 5. The number of nitrogens with one attached hydrogen (secondary N) is 1. The first-order valence-electron chi connectivity index (χ1n) is 7.38. The summed E-state index contributed by atoms with van der Waals surface area (Å²) in [5.41, 5.74) is -0.479. The standard InChI is InChI=1S/C16H22FNO3/c1-2-3-4-5-6-7-11-14(19)18-13-10-8-9-12(17)15(13)16(20)21/h8-10H,2-7,11H2,1H3,(H,18,19)(H,20,21). The van der Waals surface area contributed by atoms with Gasteiger partial charge in [0.25, 0.3) is 0 Å². The van der Waals surface area contributed by atoms with Crippen molar-refractivity contribution in [2.45, 2.75) is 51.9 Å². The molecule has 0 saturated heterocycles. The number of halogens is 1. The van der Waals surface area contributed by atoms with Crippen molar-refractivity contribution in [1.82, 2.24) is 0 Å². The highest BCUT2D eigenvalue weighted by Crippen LogP contribution is 2.19. The SMILES string of the molecule is CCCCCCCCC(=O)Nc1cccc(F)c1C(=O)O. The van der Waals surface area contributed by atoms with Gasteiger partial charge in [-0.1, -0.05) is 45.1 Å². The van der Waals surface area contributed by atoms with Crippen molar-refractivity contribution in [3.05, 3.63) is 29.6 Å². The highest BCUT2D eigenvalue weighted by atomic mass is 19.1. The maximum atomic E-state index is 13.4. The number of hydrogen-bond acceptors (Lipinski definition) is 2. The molecule has 21 heavy (non-hydrogen) atoms. The zero-order chi connectivity index (χ0) is 15.7. The number of carboxylic acids is 1. The maximum absolute atomic E-state index is 13.4. The van der Waals surface area contributed by atoms with E-state index in [1.165, 1.54) is 31.4 Å². The van der Waals surface area contributed by atoms with Crippen molar-refractivity contribution >= 4 is 17.6 Å². The van der Waals surface area contributed by atoms with Crippen LogP contribution in [0.3, 0.4) is 0 Å². The van der Waals surface area contributed by atoms with Crippen LogP contribution in [0.15, 0.2) is 18.2 Å². The van der Waals surface area contributed by atoms with Crippen molar-refractivity contribution in [3.63, 3.8) is 0 Å². The topological polar surface area (TPSA) is 66.4 Å². The molecule has 1 amide bonds. The molecular formula is C16H22FNO3. The molecule has 0 spiro atoms. The number of aromatic carboxylic acids is 1. The molecule has 0 bridgehead atoms. The van der Waals surface area contributed by atoms with Crippen LogP contribution in [-0.2, 0) is 4.79 Å². The van der Waals surface area contributed by atoms with E-state index in [2.05, 4.69) is 12.2 Å². The van der Waals surface area contributed by atoms with Gasteiger partial charge in [-0.15, -0.1) is 0 Å². The fourth-order valence-corrected chi connectivity index (χ4v) is 2.12. The molecule has 1 aromatic carbocycles. The molecule has 1 rings (SSSR count). The van der Waals surface area contributed by atoms with Crippen LogP contribution in [0.25, 0.3) is 0 Å². The molecule has 0 aromatic heterocycles. The fraction of sp³-hybridized carbons (Fsp3) is 0.500. The van der Waals surface area contributed by atoms with Gasteiger partial charge in [0.1, 0.15) is 11.4 Å². The summed E-state index contributed by atoms with van der Waals surface area (Å²) in [5.74, 6) is -2.51. The highest BCUT2D eigenvalue weighted by molar-refractivity contribution is 6.00. The summed E-state index contributed by atoms with van der Waals surface area (Å²) in [6.07, 6.45) is 6.71. The number of carbonyl (C=O) groups excluding carboxylic acids is 1. The van der Waals surface area contributed by atoms with Gasteiger partial charge in [0, 0.05) is 6.42 Å². The molecule has 1 aromatic rings. The normalized spacial score (nSPS) is 10.4. The van der Waals surface area contributed by atoms with Crippen LogP contribution in [-0.4, -0.2) is 17.0 Å². The zero-order valence-electron chi connectivity index (χ0n) is 12.3. The summed E-state index contributed by atoms with van der Waals surface area (Å²) < 4.78 is 13.4. The van der Waals surface area contributed by atoms with Crippen LogP contribution in [0.5, 0.6) is 0 Å². The van der Waals surface area contributed by atoms with Crippen molar-refractivity contribution in [2.75, 3.05) is 5.32 Å². The van der Waals surface area contributed by atoms with Gasteiger partial charge >= 0.3 is 5.97 Å². The number of benzene rings is 1. The Bertz CT molecular complexity index is 488. The average Bonchev–Trinajstić information content (AvgIpc) is 2.42. The molecule has 0 aliphatic carbocycles. The first-order chi connectivity index (χ1) is 10.1. The largest absolute Gasteiger partial charge is 0.478 e. The van der Waals surface area contributed by atoms with Gasteiger partial charge in [-0.05, 0) is 18.6 Å². The molecule has 0 saturated carbocycles. The lowest BCUT2D eigenvalue weighted by molar-refractivity contribution is -0.116. The van der Waals surface area contributed by atoms with Crippen LogP contribution in [0.1, 0.15) is 62.2 Å². The van der Waals surface area contributed by atoms with E-state index in [1.807, 2.05) is 0 Å². The van der Waals surface area contributed by atoms with Crippen LogP contribution < -0.4 is 5.32 Å². The van der Waals surface area contributed by atoms with Crippen LogP contribution in [0.2, 0.25) is 0 Å². The lowest BCUT2D eigenvalue weighted by Crippen LogP contribution is -2.15. The Balaban J connectivity index is 2.45. The van der Waals surface area contributed by atoms with Gasteiger partial charge in [-0.2, -0.15) is 0 Å². The monoisotopic (exact) mass is 295 g/mol. The predicted octanol–water partition coefficient (Wildman–Crippen LogP) is 4.21. The number of carbonyl (C=O) groups is 2. The summed E-state index contributed by atoms with van der Waals surface area (Å²) in [5, 5.41) is 11.4. The van der Waals surface area contributed by atoms with Crippen molar-refractivity contribution < 1.29 is 19.1 Å². The lowest BCUT2D eigenvalue weighted by Gasteiger charge is -2.09. The van der Waals surface area contributed by atoms with Crippen molar-refractivity contribution in [3.8, 4) is 0 Å². The molecule has 0 aliphatic heterocycles. The summed E-state index contributed by atoms with van der Waals surface area (Å²) >= 11 is 0. The fourth-order valence-electron chi connectivity index (χ4n) is 2.12. The minimum Gasteiger partial charge on any atom is -0.478 e. The average molecular weight is 295 g/mol. The number of amides is 1. The predicted molar refractivity (Wildman–Crippen MR) is 80.0 cm³/mol. The zero-order valence-corrected chi connectivity index (χ0v) is 12.3. The Labute approximate surface area is 124 Å². The minimum atomic E-state index is -1.39. The van der Waals surface area contributed by atoms with Crippen molar-refractivity contribution in [1.29, 1.82) is 0 Å². The van der Waals surface area contributed by atoms with E-state index >= 15 is 0 Å². The van der Waals surface area contributed by atoms with E-state index in [-0.39, 0.29) is 11.6 Å². The van der Waals surface area contributed by atoms with Gasteiger partial charge in [-0.25, -0.2) is 9.18 Å². The molecule has 0 radical (unpaired) electrons. The Morgan fingerprint density at radius 1 is 1.14 bits per heavy atom. The molecular weight excluding hydrogens is 273 g/mol. The molecule has 5 heteroatoms. The summed E-state index contributed by atoms with van der Waals surface area (Å²) in [7, 11) is 0. The molecule has 4 nitrogen and oxygen atoms in total. The van der Waals surface area contributed by atoms with E-state index in [1.54, 1.807) is 0 Å². The quantitative estimate of drug-likeness (QED) is 0.670. The van der Waals surface area contributed by atoms with Gasteiger partial charge in [0.2, 0.25) is 5.91 Å². The first-order valence-corrected chi connectivity index (χ1v) is 7.38. The summed E-state index contributed by atoms with van der Waals surface area (Å²) in [6.45, 7) is 2.15. The van der Waals surface area contributed by atoms with Crippen LogP contribution >= 0.6 is 0 Å². The highest BCUT2D eigenvalue weighted by Gasteiger charge is 2.16. The van der Waals surface area contributed by atoms with E-state index in [9.17, 15) is 14.0 Å². The van der Waals surface area contributed by atoms with Crippen molar-refractivity contribution in [2.24, 2.45) is 0 Å².